The SMILES string of the molecule is CCNCCC(C)c1ccc(CC)cc1. The number of hydrogen-bond donors (Lipinski definition) is 1. The molecule has 0 saturated carbocycles. The van der Waals surface area contributed by atoms with E-state index in [1.807, 2.05) is 0 Å². The van der Waals surface area contributed by atoms with E-state index in [9.17, 15) is 0 Å². The van der Waals surface area contributed by atoms with Crippen molar-refractivity contribution in [3.8, 4) is 0 Å². The first-order chi connectivity index (χ1) is 7.27. The van der Waals surface area contributed by atoms with Gasteiger partial charge in [-0.2, -0.15) is 0 Å². The number of benzene rings is 1. The van der Waals surface area contributed by atoms with Crippen molar-refractivity contribution in [1.29, 1.82) is 0 Å². The van der Waals surface area contributed by atoms with Crippen LogP contribution in [0.2, 0.25) is 0 Å². The van der Waals surface area contributed by atoms with Crippen LogP contribution in [0.4, 0.5) is 0 Å². The van der Waals surface area contributed by atoms with Gasteiger partial charge in [0.15, 0.2) is 0 Å². The van der Waals surface area contributed by atoms with Crippen molar-refractivity contribution in [2.45, 2.75) is 39.5 Å². The quantitative estimate of drug-likeness (QED) is 0.702. The molecule has 1 rings (SSSR count). The standard InChI is InChI=1S/C14H23N/c1-4-13-6-8-14(9-7-13)12(3)10-11-15-5-2/h6-9,12,15H,4-5,10-11H2,1-3H3. The normalized spacial score (nSPS) is 12.7. The van der Waals surface area contributed by atoms with Crippen molar-refractivity contribution >= 4 is 0 Å². The van der Waals surface area contributed by atoms with Crippen molar-refractivity contribution < 1.29 is 0 Å². The minimum absolute atomic E-state index is 0.662. The van der Waals surface area contributed by atoms with Crippen molar-refractivity contribution in [3.05, 3.63) is 35.4 Å². The van der Waals surface area contributed by atoms with Crippen LogP contribution in [0.25, 0.3) is 0 Å². The predicted octanol–water partition coefficient (Wildman–Crippen LogP) is 3.35. The Balaban J connectivity index is 2.46. The van der Waals surface area contributed by atoms with E-state index in [-0.39, 0.29) is 0 Å². The van der Waals surface area contributed by atoms with Gasteiger partial charge in [0.25, 0.3) is 0 Å². The number of hydrogen-bond acceptors (Lipinski definition) is 1. The fourth-order valence-corrected chi connectivity index (χ4v) is 1.74. The average molecular weight is 205 g/mol. The van der Waals surface area contributed by atoms with Gasteiger partial charge in [-0.25, -0.2) is 0 Å². The molecule has 0 saturated heterocycles. The molecule has 1 unspecified atom stereocenters. The molecule has 0 bridgehead atoms. The van der Waals surface area contributed by atoms with Gasteiger partial charge in [-0.1, -0.05) is 45.0 Å². The molecule has 1 atom stereocenters. The zero-order chi connectivity index (χ0) is 11.1. The molecule has 0 amide bonds. The summed E-state index contributed by atoms with van der Waals surface area (Å²) in [6, 6.07) is 9.04. The minimum Gasteiger partial charge on any atom is -0.317 e. The second kappa shape index (κ2) is 6.62. The van der Waals surface area contributed by atoms with Crippen LogP contribution in [0, 0.1) is 0 Å². The zero-order valence-electron chi connectivity index (χ0n) is 10.2. The molecule has 0 aliphatic heterocycles. The second-order valence-electron chi connectivity index (χ2n) is 4.14. The third kappa shape index (κ3) is 4.05. The lowest BCUT2D eigenvalue weighted by molar-refractivity contribution is 0.608. The summed E-state index contributed by atoms with van der Waals surface area (Å²) in [6.45, 7) is 8.84. The molecule has 0 aromatic heterocycles. The molecule has 1 heteroatoms. The summed E-state index contributed by atoms with van der Waals surface area (Å²) in [6.07, 6.45) is 2.35. The molecular formula is C14H23N. The highest BCUT2D eigenvalue weighted by Gasteiger charge is 2.04. The average Bonchev–Trinajstić information content (AvgIpc) is 2.29. The van der Waals surface area contributed by atoms with Crippen LogP contribution >= 0.6 is 0 Å². The van der Waals surface area contributed by atoms with Crippen LogP contribution in [0.15, 0.2) is 24.3 Å². The van der Waals surface area contributed by atoms with E-state index < -0.39 is 0 Å². The van der Waals surface area contributed by atoms with Crippen LogP contribution < -0.4 is 5.32 Å². The Bertz CT molecular complexity index is 263. The van der Waals surface area contributed by atoms with E-state index in [4.69, 9.17) is 0 Å². The Morgan fingerprint density at radius 3 is 2.33 bits per heavy atom. The molecule has 0 aliphatic carbocycles. The van der Waals surface area contributed by atoms with E-state index in [2.05, 4.69) is 50.4 Å². The fourth-order valence-electron chi connectivity index (χ4n) is 1.74. The van der Waals surface area contributed by atoms with Gasteiger partial charge >= 0.3 is 0 Å². The van der Waals surface area contributed by atoms with Crippen molar-refractivity contribution in [2.24, 2.45) is 0 Å². The maximum atomic E-state index is 3.37. The summed E-state index contributed by atoms with van der Waals surface area (Å²) in [5.74, 6) is 0.662. The van der Waals surface area contributed by atoms with E-state index in [0.29, 0.717) is 5.92 Å². The van der Waals surface area contributed by atoms with Crippen LogP contribution in [0.5, 0.6) is 0 Å². The lowest BCUT2D eigenvalue weighted by Gasteiger charge is -2.12. The highest BCUT2D eigenvalue weighted by Crippen LogP contribution is 2.18. The molecule has 1 aromatic carbocycles. The van der Waals surface area contributed by atoms with Crippen LogP contribution in [-0.2, 0) is 6.42 Å². The Morgan fingerprint density at radius 2 is 1.80 bits per heavy atom. The van der Waals surface area contributed by atoms with Crippen molar-refractivity contribution in [3.63, 3.8) is 0 Å². The van der Waals surface area contributed by atoms with Crippen molar-refractivity contribution in [1.82, 2.24) is 5.32 Å². The number of nitrogens with one attached hydrogen (secondary N) is 1. The van der Waals surface area contributed by atoms with E-state index in [0.717, 1.165) is 19.5 Å². The lowest BCUT2D eigenvalue weighted by Crippen LogP contribution is -2.15. The highest BCUT2D eigenvalue weighted by molar-refractivity contribution is 5.24. The Kier molecular flexibility index (Phi) is 5.41. The van der Waals surface area contributed by atoms with E-state index in [1.54, 1.807) is 0 Å². The molecule has 1 aromatic rings. The fraction of sp³-hybridized carbons (Fsp3) is 0.571. The molecular weight excluding hydrogens is 182 g/mol. The molecule has 0 aliphatic rings. The molecule has 1 nitrogen and oxygen atoms in total. The van der Waals surface area contributed by atoms with Gasteiger partial charge in [0.1, 0.15) is 0 Å². The van der Waals surface area contributed by atoms with Gasteiger partial charge in [-0.05, 0) is 43.0 Å². The largest absolute Gasteiger partial charge is 0.317 e. The molecule has 0 radical (unpaired) electrons. The minimum atomic E-state index is 0.662. The van der Waals surface area contributed by atoms with Crippen LogP contribution in [0.1, 0.15) is 44.2 Å². The van der Waals surface area contributed by atoms with Gasteiger partial charge in [0.05, 0.1) is 0 Å². The smallest absolute Gasteiger partial charge is 0.00433 e. The molecule has 15 heavy (non-hydrogen) atoms. The van der Waals surface area contributed by atoms with Gasteiger partial charge < -0.3 is 5.32 Å². The third-order valence-corrected chi connectivity index (χ3v) is 2.96. The summed E-state index contributed by atoms with van der Waals surface area (Å²) < 4.78 is 0. The molecule has 84 valence electrons. The molecule has 0 heterocycles. The van der Waals surface area contributed by atoms with Gasteiger partial charge in [0, 0.05) is 0 Å². The highest BCUT2D eigenvalue weighted by atomic mass is 14.8. The second-order valence-corrected chi connectivity index (χ2v) is 4.14. The third-order valence-electron chi connectivity index (χ3n) is 2.96. The Labute approximate surface area is 93.9 Å². The monoisotopic (exact) mass is 205 g/mol. The Morgan fingerprint density at radius 1 is 1.13 bits per heavy atom. The maximum absolute atomic E-state index is 3.37. The summed E-state index contributed by atoms with van der Waals surface area (Å²) in [7, 11) is 0. The predicted molar refractivity (Wildman–Crippen MR) is 67.4 cm³/mol. The first-order valence-corrected chi connectivity index (χ1v) is 6.07. The number of rotatable bonds is 6. The summed E-state index contributed by atoms with van der Waals surface area (Å²) in [5, 5.41) is 3.37. The van der Waals surface area contributed by atoms with Gasteiger partial charge in [-0.15, -0.1) is 0 Å². The van der Waals surface area contributed by atoms with E-state index >= 15 is 0 Å². The summed E-state index contributed by atoms with van der Waals surface area (Å²) in [4.78, 5) is 0. The summed E-state index contributed by atoms with van der Waals surface area (Å²) >= 11 is 0. The first-order valence-electron chi connectivity index (χ1n) is 6.07. The van der Waals surface area contributed by atoms with Crippen LogP contribution in [0.3, 0.4) is 0 Å². The molecule has 0 fully saturated rings. The lowest BCUT2D eigenvalue weighted by atomic mass is 9.96. The van der Waals surface area contributed by atoms with Crippen LogP contribution in [-0.4, -0.2) is 13.1 Å². The van der Waals surface area contributed by atoms with Gasteiger partial charge in [-0.3, -0.25) is 0 Å². The van der Waals surface area contributed by atoms with E-state index in [1.165, 1.54) is 17.5 Å². The molecule has 0 spiro atoms. The zero-order valence-corrected chi connectivity index (χ0v) is 10.2. The number of aryl methyl sites for hydroxylation is 1. The van der Waals surface area contributed by atoms with Gasteiger partial charge in [0.2, 0.25) is 0 Å². The first kappa shape index (κ1) is 12.3. The van der Waals surface area contributed by atoms with Crippen molar-refractivity contribution in [2.75, 3.05) is 13.1 Å². The molecule has 1 N–H and O–H groups in total. The maximum Gasteiger partial charge on any atom is -0.00433 e. The summed E-state index contributed by atoms with van der Waals surface area (Å²) in [5.41, 5.74) is 2.89. The Hall–Kier alpha value is -0.820. The topological polar surface area (TPSA) is 12.0 Å².